The molecule has 0 aliphatic heterocycles. The fraction of sp³-hybridized carbons (Fsp3) is 0.692. The van der Waals surface area contributed by atoms with Crippen LogP contribution in [0.3, 0.4) is 0 Å². The van der Waals surface area contributed by atoms with Crippen molar-refractivity contribution >= 4 is 0 Å². The lowest BCUT2D eigenvalue weighted by atomic mass is 10.2. The molecule has 3 heteroatoms. The number of aliphatic hydroxyl groups is 1. The van der Waals surface area contributed by atoms with Gasteiger partial charge in [-0.15, -0.1) is 0 Å². The molecule has 1 fully saturated rings. The third-order valence-corrected chi connectivity index (χ3v) is 3.38. The molecule has 0 unspecified atom stereocenters. The first kappa shape index (κ1) is 11.7. The van der Waals surface area contributed by atoms with Crippen molar-refractivity contribution in [2.24, 2.45) is 0 Å². The molecule has 1 saturated carbocycles. The Kier molecular flexibility index (Phi) is 4.43. The highest BCUT2D eigenvalue weighted by atomic mass is 16.3. The summed E-state index contributed by atoms with van der Waals surface area (Å²) in [6.45, 7) is 2.14. The molecule has 0 amide bonds. The highest BCUT2D eigenvalue weighted by molar-refractivity contribution is 4.98. The molecule has 0 atom stereocenters. The Balaban J connectivity index is 1.90. The Bertz CT molecular complexity index is 278. The standard InChI is InChI=1S/C13H21NO2/c15-9-4-8-14(12-5-1-2-6-12)11-13-7-3-10-16-13/h3,7,10,12,15H,1-2,4-6,8-9,11H2. The van der Waals surface area contributed by atoms with Crippen LogP contribution in [-0.2, 0) is 6.54 Å². The number of aliphatic hydroxyl groups excluding tert-OH is 1. The molecule has 0 radical (unpaired) electrons. The molecular formula is C13H21NO2. The summed E-state index contributed by atoms with van der Waals surface area (Å²) in [7, 11) is 0. The van der Waals surface area contributed by atoms with Gasteiger partial charge >= 0.3 is 0 Å². The highest BCUT2D eigenvalue weighted by Crippen LogP contribution is 2.25. The van der Waals surface area contributed by atoms with E-state index in [0.717, 1.165) is 25.3 Å². The lowest BCUT2D eigenvalue weighted by molar-refractivity contribution is 0.157. The summed E-state index contributed by atoms with van der Waals surface area (Å²) in [5.41, 5.74) is 0. The molecule has 1 heterocycles. The summed E-state index contributed by atoms with van der Waals surface area (Å²) in [4.78, 5) is 2.46. The van der Waals surface area contributed by atoms with E-state index in [4.69, 9.17) is 9.52 Å². The van der Waals surface area contributed by atoms with Crippen LogP contribution in [-0.4, -0.2) is 29.2 Å². The quantitative estimate of drug-likeness (QED) is 0.804. The van der Waals surface area contributed by atoms with E-state index in [1.54, 1.807) is 6.26 Å². The first-order valence-corrected chi connectivity index (χ1v) is 6.27. The van der Waals surface area contributed by atoms with Crippen LogP contribution in [0, 0.1) is 0 Å². The molecule has 1 aliphatic carbocycles. The fourth-order valence-corrected chi connectivity index (χ4v) is 2.54. The Morgan fingerprint density at radius 1 is 1.38 bits per heavy atom. The first-order valence-electron chi connectivity index (χ1n) is 6.27. The average Bonchev–Trinajstić information content (AvgIpc) is 2.96. The molecule has 0 saturated heterocycles. The van der Waals surface area contributed by atoms with E-state index >= 15 is 0 Å². The third kappa shape index (κ3) is 3.09. The highest BCUT2D eigenvalue weighted by Gasteiger charge is 2.22. The molecule has 0 bridgehead atoms. The van der Waals surface area contributed by atoms with E-state index in [1.165, 1.54) is 25.7 Å². The minimum Gasteiger partial charge on any atom is -0.468 e. The van der Waals surface area contributed by atoms with E-state index in [1.807, 2.05) is 12.1 Å². The van der Waals surface area contributed by atoms with Crippen molar-refractivity contribution in [1.29, 1.82) is 0 Å². The lowest BCUT2D eigenvalue weighted by Gasteiger charge is -2.27. The van der Waals surface area contributed by atoms with Gasteiger partial charge in [0, 0.05) is 19.2 Å². The number of nitrogens with zero attached hydrogens (tertiary/aromatic N) is 1. The maximum Gasteiger partial charge on any atom is 0.117 e. The molecule has 1 aromatic rings. The minimum absolute atomic E-state index is 0.279. The molecule has 1 aromatic heterocycles. The van der Waals surface area contributed by atoms with Crippen LogP contribution in [0.5, 0.6) is 0 Å². The minimum atomic E-state index is 0.279. The van der Waals surface area contributed by atoms with Crippen LogP contribution < -0.4 is 0 Å². The average molecular weight is 223 g/mol. The van der Waals surface area contributed by atoms with Crippen molar-refractivity contribution in [2.45, 2.75) is 44.7 Å². The van der Waals surface area contributed by atoms with Crippen molar-refractivity contribution in [3.8, 4) is 0 Å². The van der Waals surface area contributed by atoms with Gasteiger partial charge in [-0.2, -0.15) is 0 Å². The van der Waals surface area contributed by atoms with Gasteiger partial charge in [0.05, 0.1) is 12.8 Å². The Morgan fingerprint density at radius 2 is 2.19 bits per heavy atom. The van der Waals surface area contributed by atoms with E-state index in [9.17, 15) is 0 Å². The molecule has 0 spiro atoms. The van der Waals surface area contributed by atoms with Gasteiger partial charge in [0.2, 0.25) is 0 Å². The van der Waals surface area contributed by atoms with Gasteiger partial charge in [0.1, 0.15) is 5.76 Å². The summed E-state index contributed by atoms with van der Waals surface area (Å²) in [5.74, 6) is 1.03. The molecule has 1 aliphatic rings. The SMILES string of the molecule is OCCCN(Cc1ccco1)C1CCCC1. The predicted molar refractivity (Wildman–Crippen MR) is 63.1 cm³/mol. The maximum absolute atomic E-state index is 8.93. The van der Waals surface area contributed by atoms with E-state index in [0.29, 0.717) is 6.04 Å². The smallest absolute Gasteiger partial charge is 0.117 e. The zero-order valence-corrected chi connectivity index (χ0v) is 9.77. The van der Waals surface area contributed by atoms with Crippen LogP contribution in [0.25, 0.3) is 0 Å². The summed E-state index contributed by atoms with van der Waals surface area (Å²) in [6.07, 6.45) is 7.88. The molecule has 3 nitrogen and oxygen atoms in total. The van der Waals surface area contributed by atoms with Gasteiger partial charge in [-0.3, -0.25) is 4.90 Å². The van der Waals surface area contributed by atoms with Gasteiger partial charge in [-0.1, -0.05) is 12.8 Å². The third-order valence-electron chi connectivity index (χ3n) is 3.38. The maximum atomic E-state index is 8.93. The van der Waals surface area contributed by atoms with Gasteiger partial charge < -0.3 is 9.52 Å². The molecule has 90 valence electrons. The normalized spacial score (nSPS) is 17.4. The molecular weight excluding hydrogens is 202 g/mol. The number of furan rings is 1. The van der Waals surface area contributed by atoms with Crippen molar-refractivity contribution < 1.29 is 9.52 Å². The van der Waals surface area contributed by atoms with Crippen molar-refractivity contribution in [3.05, 3.63) is 24.2 Å². The van der Waals surface area contributed by atoms with Crippen LogP contribution >= 0.6 is 0 Å². The Hall–Kier alpha value is -0.800. The monoisotopic (exact) mass is 223 g/mol. The zero-order valence-electron chi connectivity index (χ0n) is 9.77. The number of hydrogen-bond donors (Lipinski definition) is 1. The number of rotatable bonds is 6. The Morgan fingerprint density at radius 3 is 2.81 bits per heavy atom. The summed E-state index contributed by atoms with van der Waals surface area (Å²) < 4.78 is 5.40. The summed E-state index contributed by atoms with van der Waals surface area (Å²) in [6, 6.07) is 4.66. The molecule has 0 aromatic carbocycles. The molecule has 2 rings (SSSR count). The number of hydrogen-bond acceptors (Lipinski definition) is 3. The second-order valence-electron chi connectivity index (χ2n) is 4.57. The van der Waals surface area contributed by atoms with Gasteiger partial charge in [0.25, 0.3) is 0 Å². The van der Waals surface area contributed by atoms with E-state index < -0.39 is 0 Å². The Labute approximate surface area is 97.1 Å². The second kappa shape index (κ2) is 6.06. The molecule has 16 heavy (non-hydrogen) atoms. The second-order valence-corrected chi connectivity index (χ2v) is 4.57. The topological polar surface area (TPSA) is 36.6 Å². The van der Waals surface area contributed by atoms with Crippen molar-refractivity contribution in [1.82, 2.24) is 4.90 Å². The van der Waals surface area contributed by atoms with Crippen LogP contribution in [0.15, 0.2) is 22.8 Å². The van der Waals surface area contributed by atoms with Gasteiger partial charge in [0.15, 0.2) is 0 Å². The predicted octanol–water partition coefficient (Wildman–Crippen LogP) is 2.41. The summed E-state index contributed by atoms with van der Waals surface area (Å²) >= 11 is 0. The van der Waals surface area contributed by atoms with E-state index in [2.05, 4.69) is 4.90 Å². The fourth-order valence-electron chi connectivity index (χ4n) is 2.54. The largest absolute Gasteiger partial charge is 0.468 e. The van der Waals surface area contributed by atoms with Crippen molar-refractivity contribution in [2.75, 3.05) is 13.2 Å². The van der Waals surface area contributed by atoms with Crippen LogP contribution in [0.4, 0.5) is 0 Å². The molecule has 1 N–H and O–H groups in total. The van der Waals surface area contributed by atoms with Gasteiger partial charge in [-0.25, -0.2) is 0 Å². The van der Waals surface area contributed by atoms with E-state index in [-0.39, 0.29) is 6.61 Å². The summed E-state index contributed by atoms with van der Waals surface area (Å²) in [5, 5.41) is 8.93. The first-order chi connectivity index (χ1) is 7.90. The lowest BCUT2D eigenvalue weighted by Crippen LogP contribution is -2.33. The van der Waals surface area contributed by atoms with Crippen LogP contribution in [0.2, 0.25) is 0 Å². The van der Waals surface area contributed by atoms with Crippen LogP contribution in [0.1, 0.15) is 37.9 Å². The van der Waals surface area contributed by atoms with Crippen molar-refractivity contribution in [3.63, 3.8) is 0 Å². The van der Waals surface area contributed by atoms with Gasteiger partial charge in [-0.05, 0) is 31.4 Å². The zero-order chi connectivity index (χ0) is 11.2.